The zero-order valence-electron chi connectivity index (χ0n) is 19.8. The summed E-state index contributed by atoms with van der Waals surface area (Å²) in [6.07, 6.45) is -5.29. The molecule has 3 unspecified atom stereocenters. The third-order valence-corrected chi connectivity index (χ3v) is 5.34. The van der Waals surface area contributed by atoms with Crippen molar-refractivity contribution in [2.75, 3.05) is 28.8 Å². The summed E-state index contributed by atoms with van der Waals surface area (Å²) in [5.74, 6) is -1.69. The molecule has 4 rings (SSSR count). The van der Waals surface area contributed by atoms with Crippen LogP contribution in [0.4, 0.5) is 21.7 Å². The highest BCUT2D eigenvalue weighted by Crippen LogP contribution is 2.39. The maximum absolute atomic E-state index is 14.9. The van der Waals surface area contributed by atoms with Gasteiger partial charge in [0.05, 0.1) is 19.4 Å². The van der Waals surface area contributed by atoms with Gasteiger partial charge in [0.25, 0.3) is 6.10 Å². The van der Waals surface area contributed by atoms with E-state index in [9.17, 15) is 14.0 Å². The van der Waals surface area contributed by atoms with Crippen molar-refractivity contribution in [1.82, 2.24) is 9.97 Å². The molecule has 0 bridgehead atoms. The lowest BCUT2D eigenvalue weighted by Crippen LogP contribution is -2.41. The minimum atomic E-state index is -2.03. The van der Waals surface area contributed by atoms with Gasteiger partial charge in [-0.15, -0.1) is 0 Å². The van der Waals surface area contributed by atoms with Crippen molar-refractivity contribution >= 4 is 29.3 Å². The normalized spacial score (nSPS) is 20.6. The van der Waals surface area contributed by atoms with Crippen molar-refractivity contribution in [1.29, 1.82) is 0 Å². The van der Waals surface area contributed by atoms with Gasteiger partial charge in [-0.2, -0.15) is 0 Å². The smallest absolute Gasteiger partial charge is 0.344 e. The van der Waals surface area contributed by atoms with Gasteiger partial charge in [0, 0.05) is 13.0 Å². The number of hydrogen-bond donors (Lipinski definition) is 4. The molecule has 2 aromatic rings. The zero-order valence-corrected chi connectivity index (χ0v) is 19.8. The van der Waals surface area contributed by atoms with Crippen molar-refractivity contribution in [2.24, 2.45) is 0 Å². The number of aliphatic carboxylic acids is 2. The van der Waals surface area contributed by atoms with Gasteiger partial charge in [0.2, 0.25) is 0 Å². The Labute approximate surface area is 202 Å². The zero-order chi connectivity index (χ0) is 25.5. The average Bonchev–Trinajstić information content (AvgIpc) is 3.41. The fourth-order valence-corrected chi connectivity index (χ4v) is 3.82. The summed E-state index contributed by atoms with van der Waals surface area (Å²) in [7, 11) is 0. The molecule has 0 spiro atoms. The number of alkyl halides is 1. The predicted octanol–water partition coefficient (Wildman–Crippen LogP) is 2.62. The SMILES string of the molecule is CC.Cc1nc(NCc2ccccc2)c2c(n1)N(C1OC(COC(C(=O)O)C(=O)O)CC1F)CN2. The van der Waals surface area contributed by atoms with E-state index in [1.54, 1.807) is 11.8 Å². The Morgan fingerprint density at radius 3 is 2.60 bits per heavy atom. The van der Waals surface area contributed by atoms with E-state index in [0.717, 1.165) is 5.56 Å². The molecule has 1 saturated heterocycles. The lowest BCUT2D eigenvalue weighted by molar-refractivity contribution is -0.168. The van der Waals surface area contributed by atoms with Crippen LogP contribution in [0, 0.1) is 6.92 Å². The summed E-state index contributed by atoms with van der Waals surface area (Å²) >= 11 is 0. The highest BCUT2D eigenvalue weighted by molar-refractivity contribution is 5.96. The largest absolute Gasteiger partial charge is 0.479 e. The van der Waals surface area contributed by atoms with E-state index in [-0.39, 0.29) is 19.7 Å². The molecule has 0 radical (unpaired) electrons. The molecule has 0 saturated carbocycles. The lowest BCUT2D eigenvalue weighted by Gasteiger charge is -2.26. The number of benzene rings is 1. The van der Waals surface area contributed by atoms with Crippen molar-refractivity contribution in [3.05, 3.63) is 41.7 Å². The van der Waals surface area contributed by atoms with Crippen LogP contribution in [0.2, 0.25) is 0 Å². The van der Waals surface area contributed by atoms with Gasteiger partial charge in [-0.1, -0.05) is 44.2 Å². The number of nitrogens with one attached hydrogen (secondary N) is 2. The molecule has 12 heteroatoms. The van der Waals surface area contributed by atoms with Crippen LogP contribution >= 0.6 is 0 Å². The van der Waals surface area contributed by atoms with Crippen molar-refractivity contribution in [3.63, 3.8) is 0 Å². The van der Waals surface area contributed by atoms with Gasteiger partial charge in [-0.3, -0.25) is 0 Å². The van der Waals surface area contributed by atoms with E-state index in [0.29, 0.717) is 29.7 Å². The molecule has 1 aromatic carbocycles. The Morgan fingerprint density at radius 1 is 1.26 bits per heavy atom. The fourth-order valence-electron chi connectivity index (χ4n) is 3.82. The molecule has 2 aliphatic heterocycles. The number of carboxylic acids is 2. The van der Waals surface area contributed by atoms with Crippen molar-refractivity contribution in [3.8, 4) is 0 Å². The number of ether oxygens (including phenoxy) is 2. The van der Waals surface area contributed by atoms with Gasteiger partial charge in [0.15, 0.2) is 17.9 Å². The molecule has 3 atom stereocenters. The van der Waals surface area contributed by atoms with Crippen LogP contribution in [0.1, 0.15) is 31.7 Å². The number of fused-ring (bicyclic) bond motifs is 1. The Hall–Kier alpha value is -3.51. The maximum Gasteiger partial charge on any atom is 0.344 e. The Morgan fingerprint density at radius 2 is 1.94 bits per heavy atom. The second-order valence-corrected chi connectivity index (χ2v) is 7.75. The second-order valence-electron chi connectivity index (χ2n) is 7.75. The minimum Gasteiger partial charge on any atom is -0.479 e. The van der Waals surface area contributed by atoms with E-state index in [1.807, 2.05) is 44.2 Å². The van der Waals surface area contributed by atoms with Crippen LogP contribution in [-0.2, 0) is 25.6 Å². The summed E-state index contributed by atoms with van der Waals surface area (Å²) in [5, 5.41) is 24.3. The van der Waals surface area contributed by atoms with Crippen molar-refractivity contribution < 1.29 is 33.7 Å². The highest BCUT2D eigenvalue weighted by atomic mass is 19.1. The number of rotatable bonds is 9. The minimum absolute atomic E-state index is 0.0639. The summed E-state index contributed by atoms with van der Waals surface area (Å²) in [4.78, 5) is 32.5. The van der Waals surface area contributed by atoms with Gasteiger partial charge in [0.1, 0.15) is 17.7 Å². The van der Waals surface area contributed by atoms with Crippen LogP contribution in [0.25, 0.3) is 0 Å². The first-order valence-electron chi connectivity index (χ1n) is 11.4. The van der Waals surface area contributed by atoms with Gasteiger partial charge in [-0.25, -0.2) is 23.9 Å². The number of nitrogens with zero attached hydrogens (tertiary/aromatic N) is 3. The first-order valence-corrected chi connectivity index (χ1v) is 11.4. The first kappa shape index (κ1) is 26.1. The molecule has 11 nitrogen and oxygen atoms in total. The number of halogens is 1. The van der Waals surface area contributed by atoms with E-state index in [1.165, 1.54) is 0 Å². The second kappa shape index (κ2) is 11.8. The third-order valence-electron chi connectivity index (χ3n) is 5.34. The Bertz CT molecular complexity index is 1010. The molecular formula is C23H30FN5O6. The molecule has 3 heterocycles. The van der Waals surface area contributed by atoms with E-state index in [2.05, 4.69) is 20.6 Å². The number of aryl methyl sites for hydroxylation is 1. The molecule has 0 aliphatic carbocycles. The molecular weight excluding hydrogens is 461 g/mol. The van der Waals surface area contributed by atoms with Crippen LogP contribution in [0.3, 0.4) is 0 Å². The molecule has 1 aromatic heterocycles. The first-order chi connectivity index (χ1) is 16.8. The molecule has 2 aliphatic rings. The fraction of sp³-hybridized carbons (Fsp3) is 0.478. The number of anilines is 3. The predicted molar refractivity (Wildman–Crippen MR) is 126 cm³/mol. The molecule has 0 amide bonds. The number of carbonyl (C=O) groups is 2. The maximum atomic E-state index is 14.9. The highest BCUT2D eigenvalue weighted by Gasteiger charge is 2.43. The summed E-state index contributed by atoms with van der Waals surface area (Å²) < 4.78 is 25.5. The summed E-state index contributed by atoms with van der Waals surface area (Å²) in [5.41, 5.74) is 1.70. The number of aromatic nitrogens is 2. The summed E-state index contributed by atoms with van der Waals surface area (Å²) in [6.45, 7) is 6.16. The summed E-state index contributed by atoms with van der Waals surface area (Å²) in [6, 6.07) is 9.80. The van der Waals surface area contributed by atoms with Crippen LogP contribution in [0.15, 0.2) is 30.3 Å². The lowest BCUT2D eigenvalue weighted by atomic mass is 10.2. The Balaban J connectivity index is 0.00000167. The van der Waals surface area contributed by atoms with Crippen molar-refractivity contribution in [2.45, 2.75) is 58.3 Å². The van der Waals surface area contributed by atoms with Gasteiger partial charge in [-0.05, 0) is 12.5 Å². The molecule has 35 heavy (non-hydrogen) atoms. The van der Waals surface area contributed by atoms with Crippen LogP contribution in [0.5, 0.6) is 0 Å². The molecule has 190 valence electrons. The standard InChI is InChI=1S/C21H24FN5O6.C2H6/c1-11-25-17(23-8-12-5-3-2-4-6-12)15-18(26-11)27(10-24-15)19-14(22)7-13(33-19)9-32-16(20(28)29)21(30)31;1-2/h2-6,13-14,16,19,24H,7-10H2,1H3,(H,28,29)(H,30,31)(H,23,25,26);1-2H3. The topological polar surface area (TPSA) is 146 Å². The van der Waals surface area contributed by atoms with Gasteiger partial charge < -0.3 is 35.2 Å². The molecule has 1 fully saturated rings. The number of carboxylic acid groups (broad SMARTS) is 2. The molecule has 4 N–H and O–H groups in total. The van der Waals surface area contributed by atoms with Crippen LogP contribution in [-0.4, -0.2) is 70.0 Å². The van der Waals surface area contributed by atoms with E-state index >= 15 is 0 Å². The quantitative estimate of drug-likeness (QED) is 0.384. The monoisotopic (exact) mass is 491 g/mol. The number of hydrogen-bond acceptors (Lipinski definition) is 9. The Kier molecular flexibility index (Phi) is 8.77. The van der Waals surface area contributed by atoms with Crippen LogP contribution < -0.4 is 15.5 Å². The van der Waals surface area contributed by atoms with E-state index < -0.39 is 36.5 Å². The third kappa shape index (κ3) is 6.14. The van der Waals surface area contributed by atoms with Gasteiger partial charge >= 0.3 is 11.9 Å². The average molecular weight is 492 g/mol. The van der Waals surface area contributed by atoms with E-state index in [4.69, 9.17) is 19.7 Å².